The first-order valence-electron chi connectivity index (χ1n) is 10.3. The Balaban J connectivity index is 1.80. The lowest BCUT2D eigenvalue weighted by atomic mass is 9.87. The van der Waals surface area contributed by atoms with Crippen LogP contribution in [0, 0.1) is 22.7 Å². The van der Waals surface area contributed by atoms with E-state index in [4.69, 9.17) is 4.42 Å². The summed E-state index contributed by atoms with van der Waals surface area (Å²) in [5, 5.41) is 31.6. The largest absolute Gasteiger partial charge is 0.457 e. The fourth-order valence-electron chi connectivity index (χ4n) is 4.14. The smallest absolute Gasteiger partial charge is 0.189 e. The predicted octanol–water partition coefficient (Wildman–Crippen LogP) is 4.86. The number of aryl methyl sites for hydroxylation is 1. The Hall–Kier alpha value is -4.65. The lowest BCUT2D eigenvalue weighted by Gasteiger charge is -2.27. The summed E-state index contributed by atoms with van der Waals surface area (Å²) in [4.78, 5) is 4.18. The molecule has 0 amide bonds. The summed E-state index contributed by atoms with van der Waals surface area (Å²) in [5.74, 6) is 0.290. The van der Waals surface area contributed by atoms with Gasteiger partial charge in [-0.05, 0) is 41.5 Å². The quantitative estimate of drug-likeness (QED) is 0.439. The second-order valence-corrected chi connectivity index (χ2v) is 7.82. The molecule has 1 atom stereocenters. The van der Waals surface area contributed by atoms with Crippen molar-refractivity contribution in [3.8, 4) is 23.3 Å². The number of imidazole rings is 1. The van der Waals surface area contributed by atoms with Crippen LogP contribution >= 0.6 is 0 Å². The first kappa shape index (κ1) is 20.3. The van der Waals surface area contributed by atoms with Gasteiger partial charge in [0.1, 0.15) is 11.3 Å². The fourth-order valence-corrected chi connectivity index (χ4v) is 4.14. The standard InChI is InChI=1S/C27H18N4O2/c1-31-17-30-16-24(31)27(32,22-9-7-18(14-28)8-10-22)25-13-21-11-19(15-29)12-23(26(21)33-25)20-5-3-2-4-6-20/h2-13,16-17,32H,1H3. The highest BCUT2D eigenvalue weighted by molar-refractivity contribution is 5.94. The van der Waals surface area contributed by atoms with Crippen LogP contribution in [0.2, 0.25) is 0 Å². The van der Waals surface area contributed by atoms with E-state index in [2.05, 4.69) is 17.1 Å². The van der Waals surface area contributed by atoms with Crippen LogP contribution in [0.4, 0.5) is 0 Å². The zero-order chi connectivity index (χ0) is 23.0. The summed E-state index contributed by atoms with van der Waals surface area (Å²) in [6, 6.07) is 26.0. The number of aliphatic hydroxyl groups is 1. The summed E-state index contributed by atoms with van der Waals surface area (Å²) in [6.07, 6.45) is 3.19. The molecule has 0 spiro atoms. The van der Waals surface area contributed by atoms with E-state index in [9.17, 15) is 15.6 Å². The molecule has 0 saturated heterocycles. The number of fused-ring (bicyclic) bond motifs is 1. The third kappa shape index (κ3) is 3.27. The van der Waals surface area contributed by atoms with Crippen LogP contribution in [-0.4, -0.2) is 14.7 Å². The monoisotopic (exact) mass is 430 g/mol. The number of furan rings is 1. The Kier molecular flexibility index (Phi) is 4.79. The van der Waals surface area contributed by atoms with Crippen molar-refractivity contribution in [3.63, 3.8) is 0 Å². The average Bonchev–Trinajstić information content (AvgIpc) is 3.50. The number of benzene rings is 3. The predicted molar refractivity (Wildman–Crippen MR) is 123 cm³/mol. The zero-order valence-electron chi connectivity index (χ0n) is 17.7. The molecule has 3 aromatic carbocycles. The molecule has 0 radical (unpaired) electrons. The van der Waals surface area contributed by atoms with Gasteiger partial charge >= 0.3 is 0 Å². The molecule has 2 heterocycles. The topological polar surface area (TPSA) is 98.8 Å². The van der Waals surface area contributed by atoms with Gasteiger partial charge in [0, 0.05) is 18.0 Å². The van der Waals surface area contributed by atoms with Crippen molar-refractivity contribution in [1.82, 2.24) is 9.55 Å². The maximum Gasteiger partial charge on any atom is 0.189 e. The first-order chi connectivity index (χ1) is 16.0. The van der Waals surface area contributed by atoms with Crippen molar-refractivity contribution in [3.05, 3.63) is 113 Å². The molecule has 1 unspecified atom stereocenters. The molecule has 5 rings (SSSR count). The summed E-state index contributed by atoms with van der Waals surface area (Å²) < 4.78 is 8.07. The minimum atomic E-state index is -1.67. The van der Waals surface area contributed by atoms with Crippen LogP contribution < -0.4 is 0 Å². The minimum absolute atomic E-state index is 0.290. The molecule has 6 heteroatoms. The number of nitriles is 2. The minimum Gasteiger partial charge on any atom is -0.457 e. The van der Waals surface area contributed by atoms with Gasteiger partial charge in [-0.15, -0.1) is 0 Å². The highest BCUT2D eigenvalue weighted by atomic mass is 16.4. The molecule has 158 valence electrons. The van der Waals surface area contributed by atoms with E-state index >= 15 is 0 Å². The van der Waals surface area contributed by atoms with Crippen LogP contribution in [-0.2, 0) is 12.6 Å². The Morgan fingerprint density at radius 1 is 0.939 bits per heavy atom. The summed E-state index contributed by atoms with van der Waals surface area (Å²) >= 11 is 0. The van der Waals surface area contributed by atoms with Gasteiger partial charge in [0.15, 0.2) is 5.60 Å². The molecular weight excluding hydrogens is 412 g/mol. The van der Waals surface area contributed by atoms with Crippen LogP contribution in [0.25, 0.3) is 22.1 Å². The van der Waals surface area contributed by atoms with Crippen molar-refractivity contribution >= 4 is 11.0 Å². The molecule has 0 bridgehead atoms. The third-order valence-electron chi connectivity index (χ3n) is 5.81. The van der Waals surface area contributed by atoms with E-state index in [0.717, 1.165) is 11.1 Å². The van der Waals surface area contributed by atoms with E-state index in [1.807, 2.05) is 30.3 Å². The van der Waals surface area contributed by atoms with Crippen molar-refractivity contribution in [2.24, 2.45) is 7.05 Å². The SMILES string of the molecule is Cn1cncc1C(O)(c1ccc(C#N)cc1)c1cc2cc(C#N)cc(-c3ccccc3)c2o1. The number of hydrogen-bond donors (Lipinski definition) is 1. The Morgan fingerprint density at radius 2 is 1.67 bits per heavy atom. The Labute approximate surface area is 190 Å². The second kappa shape index (κ2) is 7.80. The normalized spacial score (nSPS) is 12.7. The van der Waals surface area contributed by atoms with Crippen molar-refractivity contribution in [2.45, 2.75) is 5.60 Å². The van der Waals surface area contributed by atoms with Gasteiger partial charge in [-0.1, -0.05) is 42.5 Å². The van der Waals surface area contributed by atoms with Gasteiger partial charge < -0.3 is 14.1 Å². The maximum atomic E-state index is 12.1. The lowest BCUT2D eigenvalue weighted by Crippen LogP contribution is -2.30. The molecule has 0 saturated carbocycles. The molecule has 6 nitrogen and oxygen atoms in total. The van der Waals surface area contributed by atoms with Crippen molar-refractivity contribution in [1.29, 1.82) is 10.5 Å². The molecular formula is C27H18N4O2. The Bertz CT molecular complexity index is 1550. The molecule has 2 aromatic heterocycles. The van der Waals surface area contributed by atoms with E-state index in [0.29, 0.717) is 33.4 Å². The highest BCUT2D eigenvalue weighted by Gasteiger charge is 2.40. The van der Waals surface area contributed by atoms with Crippen LogP contribution in [0.1, 0.15) is 28.1 Å². The van der Waals surface area contributed by atoms with Crippen LogP contribution in [0.3, 0.4) is 0 Å². The molecule has 0 aliphatic rings. The van der Waals surface area contributed by atoms with Gasteiger partial charge in [-0.25, -0.2) is 4.98 Å². The summed E-state index contributed by atoms with van der Waals surface area (Å²) in [6.45, 7) is 0. The van der Waals surface area contributed by atoms with Gasteiger partial charge in [0.25, 0.3) is 0 Å². The molecule has 1 N–H and O–H groups in total. The summed E-state index contributed by atoms with van der Waals surface area (Å²) in [5.41, 5.74) is 2.60. The third-order valence-corrected chi connectivity index (χ3v) is 5.81. The summed E-state index contributed by atoms with van der Waals surface area (Å²) in [7, 11) is 1.79. The van der Waals surface area contributed by atoms with E-state index in [1.54, 1.807) is 66.6 Å². The lowest BCUT2D eigenvalue weighted by molar-refractivity contribution is 0.0934. The van der Waals surface area contributed by atoms with Crippen LogP contribution in [0.5, 0.6) is 0 Å². The average molecular weight is 430 g/mol. The van der Waals surface area contributed by atoms with Gasteiger partial charge in [0.05, 0.1) is 41.5 Å². The van der Waals surface area contributed by atoms with E-state index < -0.39 is 5.60 Å². The number of aromatic nitrogens is 2. The molecule has 33 heavy (non-hydrogen) atoms. The fraction of sp³-hybridized carbons (Fsp3) is 0.0741. The molecule has 0 aliphatic carbocycles. The maximum absolute atomic E-state index is 12.1. The number of rotatable bonds is 4. The zero-order valence-corrected chi connectivity index (χ0v) is 17.7. The van der Waals surface area contributed by atoms with Gasteiger partial charge in [-0.3, -0.25) is 0 Å². The van der Waals surface area contributed by atoms with E-state index in [1.165, 1.54) is 0 Å². The molecule has 0 aliphatic heterocycles. The van der Waals surface area contributed by atoms with Crippen LogP contribution in [0.15, 0.2) is 89.7 Å². The van der Waals surface area contributed by atoms with Gasteiger partial charge in [0.2, 0.25) is 0 Å². The molecule has 0 fully saturated rings. The number of hydrogen-bond acceptors (Lipinski definition) is 5. The van der Waals surface area contributed by atoms with Crippen molar-refractivity contribution < 1.29 is 9.52 Å². The molecule has 5 aromatic rings. The highest BCUT2D eigenvalue weighted by Crippen LogP contribution is 2.41. The van der Waals surface area contributed by atoms with Crippen molar-refractivity contribution in [2.75, 3.05) is 0 Å². The first-order valence-corrected chi connectivity index (χ1v) is 10.3. The Morgan fingerprint density at radius 3 is 2.30 bits per heavy atom. The van der Waals surface area contributed by atoms with Gasteiger partial charge in [-0.2, -0.15) is 10.5 Å². The number of nitrogens with zero attached hydrogens (tertiary/aromatic N) is 4. The van der Waals surface area contributed by atoms with E-state index in [-0.39, 0.29) is 5.76 Å². The second-order valence-electron chi connectivity index (χ2n) is 7.82.